The van der Waals surface area contributed by atoms with Crippen molar-refractivity contribution in [2.75, 3.05) is 30.3 Å². The van der Waals surface area contributed by atoms with Crippen LogP contribution in [0.2, 0.25) is 0 Å². The monoisotopic (exact) mass is 289 g/mol. The summed E-state index contributed by atoms with van der Waals surface area (Å²) in [4.78, 5) is 19.0. The molecule has 3 rings (SSSR count). The molecule has 1 fully saturated rings. The van der Waals surface area contributed by atoms with E-state index in [1.165, 1.54) is 0 Å². The lowest BCUT2D eigenvalue weighted by molar-refractivity contribution is 0.0457. The second-order valence-electron chi connectivity index (χ2n) is 4.91. The minimum absolute atomic E-state index is 0.218. The number of hydrogen-bond donors (Lipinski definition) is 1. The SMILES string of the molecule is CCOC1CCN(c2nc(N)nc(-n3ccnc3)n2)CC1. The van der Waals surface area contributed by atoms with Crippen LogP contribution in [0.4, 0.5) is 11.9 Å². The highest BCUT2D eigenvalue weighted by Gasteiger charge is 2.22. The second kappa shape index (κ2) is 6.04. The maximum absolute atomic E-state index is 5.80. The second-order valence-corrected chi connectivity index (χ2v) is 4.91. The van der Waals surface area contributed by atoms with Crippen LogP contribution in [0.3, 0.4) is 0 Å². The molecule has 0 amide bonds. The number of aromatic nitrogens is 5. The molecule has 2 N–H and O–H groups in total. The van der Waals surface area contributed by atoms with Gasteiger partial charge in [0.1, 0.15) is 6.33 Å². The Bertz CT molecular complexity index is 578. The number of piperidine rings is 1. The van der Waals surface area contributed by atoms with Gasteiger partial charge in [-0.25, -0.2) is 4.98 Å². The maximum Gasteiger partial charge on any atom is 0.241 e. The van der Waals surface area contributed by atoms with Crippen LogP contribution in [-0.2, 0) is 4.74 Å². The predicted octanol–water partition coefficient (Wildman–Crippen LogP) is 0.645. The lowest BCUT2D eigenvalue weighted by Crippen LogP contribution is -2.38. The molecule has 3 heterocycles. The Balaban J connectivity index is 1.77. The number of ether oxygens (including phenoxy) is 1. The summed E-state index contributed by atoms with van der Waals surface area (Å²) in [5, 5.41) is 0. The zero-order valence-electron chi connectivity index (χ0n) is 12.0. The van der Waals surface area contributed by atoms with Gasteiger partial charge in [0.2, 0.25) is 17.8 Å². The third-order valence-corrected chi connectivity index (χ3v) is 3.49. The van der Waals surface area contributed by atoms with Crippen LogP contribution in [0.15, 0.2) is 18.7 Å². The minimum Gasteiger partial charge on any atom is -0.378 e. The number of imidazole rings is 1. The van der Waals surface area contributed by atoms with Gasteiger partial charge in [0.25, 0.3) is 0 Å². The van der Waals surface area contributed by atoms with Crippen molar-refractivity contribution in [2.24, 2.45) is 0 Å². The summed E-state index contributed by atoms with van der Waals surface area (Å²) in [6, 6.07) is 0. The summed E-state index contributed by atoms with van der Waals surface area (Å²) in [6.45, 7) is 4.50. The van der Waals surface area contributed by atoms with Gasteiger partial charge in [0, 0.05) is 32.1 Å². The topological polar surface area (TPSA) is 95.0 Å². The van der Waals surface area contributed by atoms with Crippen LogP contribution in [0.1, 0.15) is 19.8 Å². The van der Waals surface area contributed by atoms with Gasteiger partial charge in [-0.1, -0.05) is 0 Å². The van der Waals surface area contributed by atoms with E-state index in [2.05, 4.69) is 24.8 Å². The van der Waals surface area contributed by atoms with Crippen molar-refractivity contribution in [1.29, 1.82) is 0 Å². The molecule has 1 saturated heterocycles. The Labute approximate surface area is 123 Å². The standard InChI is InChI=1S/C13H19N7O/c1-2-21-10-3-6-19(7-4-10)12-16-11(14)17-13(18-12)20-8-5-15-9-20/h5,8-10H,2-4,6-7H2,1H3,(H2,14,16,17,18). The predicted molar refractivity (Wildman–Crippen MR) is 78.2 cm³/mol. The molecule has 0 spiro atoms. The molecule has 8 nitrogen and oxygen atoms in total. The number of rotatable bonds is 4. The number of nitrogens with two attached hydrogens (primary N) is 1. The fourth-order valence-corrected chi connectivity index (χ4v) is 2.46. The molecule has 1 aliphatic rings. The summed E-state index contributed by atoms with van der Waals surface area (Å²) in [7, 11) is 0. The van der Waals surface area contributed by atoms with E-state index >= 15 is 0 Å². The van der Waals surface area contributed by atoms with Gasteiger partial charge in [-0.3, -0.25) is 4.57 Å². The number of anilines is 2. The average molecular weight is 289 g/mol. The third-order valence-electron chi connectivity index (χ3n) is 3.49. The molecule has 21 heavy (non-hydrogen) atoms. The van der Waals surface area contributed by atoms with Gasteiger partial charge in [0.05, 0.1) is 6.10 Å². The van der Waals surface area contributed by atoms with E-state index in [9.17, 15) is 0 Å². The molecule has 1 aliphatic heterocycles. The fraction of sp³-hybridized carbons (Fsp3) is 0.538. The van der Waals surface area contributed by atoms with E-state index in [1.807, 2.05) is 6.92 Å². The minimum atomic E-state index is 0.218. The van der Waals surface area contributed by atoms with E-state index in [0.717, 1.165) is 32.5 Å². The molecular weight excluding hydrogens is 270 g/mol. The molecule has 0 atom stereocenters. The highest BCUT2D eigenvalue weighted by atomic mass is 16.5. The smallest absolute Gasteiger partial charge is 0.241 e. The first-order valence-electron chi connectivity index (χ1n) is 7.12. The Morgan fingerprint density at radius 2 is 2.00 bits per heavy atom. The van der Waals surface area contributed by atoms with Crippen LogP contribution in [0.5, 0.6) is 0 Å². The van der Waals surface area contributed by atoms with E-state index in [-0.39, 0.29) is 5.95 Å². The number of nitrogen functional groups attached to an aromatic ring is 1. The zero-order valence-corrected chi connectivity index (χ0v) is 12.0. The summed E-state index contributed by atoms with van der Waals surface area (Å²) in [6.07, 6.45) is 7.37. The van der Waals surface area contributed by atoms with Crippen molar-refractivity contribution in [3.63, 3.8) is 0 Å². The van der Waals surface area contributed by atoms with E-state index < -0.39 is 0 Å². The van der Waals surface area contributed by atoms with E-state index in [4.69, 9.17) is 10.5 Å². The Hall–Kier alpha value is -2.22. The Morgan fingerprint density at radius 3 is 2.67 bits per heavy atom. The van der Waals surface area contributed by atoms with Crippen LogP contribution in [0, 0.1) is 0 Å². The molecule has 0 radical (unpaired) electrons. The van der Waals surface area contributed by atoms with Gasteiger partial charge < -0.3 is 15.4 Å². The first-order chi connectivity index (χ1) is 10.3. The molecular formula is C13H19N7O. The average Bonchev–Trinajstić information content (AvgIpc) is 3.02. The molecule has 2 aromatic heterocycles. The van der Waals surface area contributed by atoms with Crippen molar-refractivity contribution in [3.8, 4) is 5.95 Å². The number of hydrogen-bond acceptors (Lipinski definition) is 7. The normalized spacial score (nSPS) is 16.3. The molecule has 0 unspecified atom stereocenters. The quantitative estimate of drug-likeness (QED) is 0.882. The summed E-state index contributed by atoms with van der Waals surface area (Å²) in [5.41, 5.74) is 5.80. The fourth-order valence-electron chi connectivity index (χ4n) is 2.46. The van der Waals surface area contributed by atoms with Crippen molar-refractivity contribution in [1.82, 2.24) is 24.5 Å². The molecule has 0 bridgehead atoms. The van der Waals surface area contributed by atoms with Gasteiger partial charge in [-0.15, -0.1) is 0 Å². The third kappa shape index (κ3) is 3.10. The first kappa shape index (κ1) is 13.7. The van der Waals surface area contributed by atoms with Crippen molar-refractivity contribution < 1.29 is 4.74 Å². The van der Waals surface area contributed by atoms with Gasteiger partial charge in [-0.2, -0.15) is 15.0 Å². The first-order valence-corrected chi connectivity index (χ1v) is 7.12. The summed E-state index contributed by atoms with van der Waals surface area (Å²) >= 11 is 0. The van der Waals surface area contributed by atoms with Crippen LogP contribution in [-0.4, -0.2) is 50.3 Å². The number of nitrogens with zero attached hydrogens (tertiary/aromatic N) is 6. The zero-order chi connectivity index (χ0) is 14.7. The lowest BCUT2D eigenvalue weighted by Gasteiger charge is -2.31. The molecule has 0 aromatic carbocycles. The molecule has 0 aliphatic carbocycles. The van der Waals surface area contributed by atoms with Crippen LogP contribution in [0.25, 0.3) is 5.95 Å². The summed E-state index contributed by atoms with van der Waals surface area (Å²) in [5.74, 6) is 1.32. The van der Waals surface area contributed by atoms with Crippen molar-refractivity contribution >= 4 is 11.9 Å². The molecule has 0 saturated carbocycles. The van der Waals surface area contributed by atoms with Gasteiger partial charge >= 0.3 is 0 Å². The highest BCUT2D eigenvalue weighted by molar-refractivity contribution is 5.38. The Kier molecular flexibility index (Phi) is 3.96. The lowest BCUT2D eigenvalue weighted by atomic mass is 10.1. The van der Waals surface area contributed by atoms with Crippen molar-refractivity contribution in [3.05, 3.63) is 18.7 Å². The van der Waals surface area contributed by atoms with Crippen LogP contribution >= 0.6 is 0 Å². The highest BCUT2D eigenvalue weighted by Crippen LogP contribution is 2.19. The van der Waals surface area contributed by atoms with Crippen LogP contribution < -0.4 is 10.6 Å². The molecule has 2 aromatic rings. The summed E-state index contributed by atoms with van der Waals surface area (Å²) < 4.78 is 7.37. The van der Waals surface area contributed by atoms with E-state index in [1.54, 1.807) is 23.3 Å². The maximum atomic E-state index is 5.80. The molecule has 8 heteroatoms. The van der Waals surface area contributed by atoms with Gasteiger partial charge in [-0.05, 0) is 19.8 Å². The van der Waals surface area contributed by atoms with E-state index in [0.29, 0.717) is 18.0 Å². The van der Waals surface area contributed by atoms with Gasteiger partial charge in [0.15, 0.2) is 0 Å². The Morgan fingerprint density at radius 1 is 1.24 bits per heavy atom. The largest absolute Gasteiger partial charge is 0.378 e. The molecule has 112 valence electrons. The van der Waals surface area contributed by atoms with Crippen molar-refractivity contribution in [2.45, 2.75) is 25.9 Å².